The van der Waals surface area contributed by atoms with Crippen molar-refractivity contribution >= 4 is 17.8 Å². The Kier molecular flexibility index (Phi) is 4.90. The Hall–Kier alpha value is -2.91. The molecule has 1 saturated heterocycles. The molecule has 0 aliphatic carbocycles. The largest absolute Gasteiger partial charge is 0.325 e. The minimum absolute atomic E-state index is 0.0554. The quantitative estimate of drug-likeness (QED) is 0.862. The SMILES string of the molecule is CCn1nc(C(C)(C)C)cc1C(=O)Nc1nccc(C(=O)N2CC(F)(F)C2)n1. The lowest BCUT2D eigenvalue weighted by Crippen LogP contribution is -2.58. The number of nitrogens with zero attached hydrogens (tertiary/aromatic N) is 5. The maximum Gasteiger partial charge on any atom is 0.282 e. The summed E-state index contributed by atoms with van der Waals surface area (Å²) in [5.74, 6) is -4.03. The van der Waals surface area contributed by atoms with Gasteiger partial charge in [-0.2, -0.15) is 5.10 Å². The number of alkyl halides is 2. The normalized spacial score (nSPS) is 15.9. The van der Waals surface area contributed by atoms with Crippen molar-refractivity contribution in [2.75, 3.05) is 18.4 Å². The Balaban J connectivity index is 1.77. The fraction of sp³-hybridized carbons (Fsp3) is 0.500. The molecule has 0 radical (unpaired) electrons. The second-order valence-electron chi connectivity index (χ2n) is 7.72. The van der Waals surface area contributed by atoms with E-state index >= 15 is 0 Å². The van der Waals surface area contributed by atoms with Crippen molar-refractivity contribution < 1.29 is 18.4 Å². The van der Waals surface area contributed by atoms with Crippen LogP contribution in [0.25, 0.3) is 0 Å². The molecule has 2 aromatic rings. The third-order valence-electron chi connectivity index (χ3n) is 4.31. The van der Waals surface area contributed by atoms with E-state index in [0.29, 0.717) is 12.2 Å². The van der Waals surface area contributed by atoms with Gasteiger partial charge in [0.1, 0.15) is 11.4 Å². The van der Waals surface area contributed by atoms with Gasteiger partial charge in [-0.1, -0.05) is 20.8 Å². The first kappa shape index (κ1) is 19.8. The molecule has 0 unspecified atom stereocenters. The van der Waals surface area contributed by atoms with Crippen LogP contribution in [0, 0.1) is 0 Å². The molecule has 0 bridgehead atoms. The van der Waals surface area contributed by atoms with Crippen molar-refractivity contribution in [2.45, 2.75) is 45.6 Å². The van der Waals surface area contributed by atoms with Gasteiger partial charge in [-0.05, 0) is 19.1 Å². The number of carbonyl (C=O) groups is 2. The van der Waals surface area contributed by atoms with Crippen LogP contribution in [0.1, 0.15) is 54.4 Å². The molecule has 1 aliphatic heterocycles. The summed E-state index contributed by atoms with van der Waals surface area (Å²) in [7, 11) is 0. The summed E-state index contributed by atoms with van der Waals surface area (Å²) in [5.41, 5.74) is 0.829. The van der Waals surface area contributed by atoms with Crippen molar-refractivity contribution in [3.8, 4) is 0 Å². The molecule has 0 atom stereocenters. The lowest BCUT2D eigenvalue weighted by molar-refractivity contribution is -0.113. The molecule has 2 aromatic heterocycles. The summed E-state index contributed by atoms with van der Waals surface area (Å²) in [6.07, 6.45) is 1.30. The molecule has 0 spiro atoms. The molecular weight excluding hydrogens is 370 g/mol. The van der Waals surface area contributed by atoms with E-state index in [-0.39, 0.29) is 17.1 Å². The number of halogens is 2. The zero-order chi connectivity index (χ0) is 20.7. The summed E-state index contributed by atoms with van der Waals surface area (Å²) in [5, 5.41) is 6.99. The Morgan fingerprint density at radius 1 is 1.29 bits per heavy atom. The minimum Gasteiger partial charge on any atom is -0.325 e. The van der Waals surface area contributed by atoms with Gasteiger partial charge in [0.05, 0.1) is 18.8 Å². The zero-order valence-corrected chi connectivity index (χ0v) is 16.2. The van der Waals surface area contributed by atoms with Crippen LogP contribution in [0.5, 0.6) is 0 Å². The Bertz CT molecular complexity index is 911. The molecule has 0 aromatic carbocycles. The van der Waals surface area contributed by atoms with Crippen molar-refractivity contribution in [1.29, 1.82) is 0 Å². The van der Waals surface area contributed by atoms with Gasteiger partial charge in [-0.3, -0.25) is 19.6 Å². The van der Waals surface area contributed by atoms with Gasteiger partial charge < -0.3 is 4.90 Å². The van der Waals surface area contributed by atoms with Crippen LogP contribution in [0.3, 0.4) is 0 Å². The summed E-state index contributed by atoms with van der Waals surface area (Å²) in [6.45, 7) is 7.08. The molecule has 150 valence electrons. The van der Waals surface area contributed by atoms with E-state index in [4.69, 9.17) is 0 Å². The Morgan fingerprint density at radius 3 is 2.54 bits per heavy atom. The second kappa shape index (κ2) is 6.92. The number of carbonyl (C=O) groups excluding carboxylic acids is 2. The first-order chi connectivity index (χ1) is 13.0. The van der Waals surface area contributed by atoms with Crippen molar-refractivity contribution in [2.24, 2.45) is 0 Å². The number of aryl methyl sites for hydroxylation is 1. The molecule has 1 fully saturated rings. The fourth-order valence-electron chi connectivity index (χ4n) is 2.73. The van der Waals surface area contributed by atoms with E-state index in [2.05, 4.69) is 20.4 Å². The number of amides is 2. The van der Waals surface area contributed by atoms with Gasteiger partial charge in [0, 0.05) is 18.2 Å². The summed E-state index contributed by atoms with van der Waals surface area (Å²) in [4.78, 5) is 33.8. The maximum absolute atomic E-state index is 13.0. The van der Waals surface area contributed by atoms with Crippen LogP contribution >= 0.6 is 0 Å². The molecule has 2 amide bonds. The van der Waals surface area contributed by atoms with Gasteiger partial charge >= 0.3 is 0 Å². The smallest absolute Gasteiger partial charge is 0.282 e. The highest BCUT2D eigenvalue weighted by Crippen LogP contribution is 2.27. The Labute approximate surface area is 161 Å². The number of likely N-dealkylation sites (tertiary alicyclic amines) is 1. The van der Waals surface area contributed by atoms with Gasteiger partial charge in [0.25, 0.3) is 17.7 Å². The number of anilines is 1. The number of hydrogen-bond acceptors (Lipinski definition) is 5. The maximum atomic E-state index is 13.0. The van der Waals surface area contributed by atoms with Crippen LogP contribution in [0.2, 0.25) is 0 Å². The first-order valence-corrected chi connectivity index (χ1v) is 8.90. The Morgan fingerprint density at radius 2 is 1.96 bits per heavy atom. The highest BCUT2D eigenvalue weighted by Gasteiger charge is 2.46. The van der Waals surface area contributed by atoms with Crippen molar-refractivity contribution in [3.05, 3.63) is 35.4 Å². The van der Waals surface area contributed by atoms with E-state index in [1.165, 1.54) is 12.3 Å². The highest BCUT2D eigenvalue weighted by molar-refractivity contribution is 6.02. The van der Waals surface area contributed by atoms with Crippen molar-refractivity contribution in [3.63, 3.8) is 0 Å². The van der Waals surface area contributed by atoms with Gasteiger partial charge in [0.15, 0.2) is 0 Å². The van der Waals surface area contributed by atoms with Gasteiger partial charge in [0.2, 0.25) is 5.95 Å². The predicted molar refractivity (Wildman–Crippen MR) is 97.4 cm³/mol. The molecule has 3 rings (SSSR count). The zero-order valence-electron chi connectivity index (χ0n) is 16.2. The van der Waals surface area contributed by atoms with Crippen LogP contribution in [-0.2, 0) is 12.0 Å². The molecule has 1 N–H and O–H groups in total. The number of rotatable bonds is 4. The molecule has 1 aliphatic rings. The molecule has 10 heteroatoms. The summed E-state index contributed by atoms with van der Waals surface area (Å²) < 4.78 is 27.5. The molecule has 8 nitrogen and oxygen atoms in total. The molecule has 3 heterocycles. The average molecular weight is 392 g/mol. The van der Waals surface area contributed by atoms with Crippen LogP contribution in [0.4, 0.5) is 14.7 Å². The third kappa shape index (κ3) is 4.00. The van der Waals surface area contributed by atoms with Crippen LogP contribution < -0.4 is 5.32 Å². The van der Waals surface area contributed by atoms with Gasteiger partial charge in [-0.25, -0.2) is 18.7 Å². The predicted octanol–water partition coefficient (Wildman–Crippen LogP) is 2.33. The molecule has 0 saturated carbocycles. The second-order valence-corrected chi connectivity index (χ2v) is 7.72. The van der Waals surface area contributed by atoms with E-state index in [1.54, 1.807) is 10.7 Å². The van der Waals surface area contributed by atoms with Crippen LogP contribution in [-0.4, -0.2) is 55.5 Å². The molecule has 28 heavy (non-hydrogen) atoms. The number of aromatic nitrogens is 4. The third-order valence-corrected chi connectivity index (χ3v) is 4.31. The minimum atomic E-state index is -2.86. The van der Waals surface area contributed by atoms with Crippen LogP contribution in [0.15, 0.2) is 18.3 Å². The topological polar surface area (TPSA) is 93.0 Å². The summed E-state index contributed by atoms with van der Waals surface area (Å²) in [6, 6.07) is 3.03. The molecular formula is C18H22F2N6O2. The fourth-order valence-corrected chi connectivity index (χ4v) is 2.73. The first-order valence-electron chi connectivity index (χ1n) is 8.90. The number of nitrogens with one attached hydrogen (secondary N) is 1. The van der Waals surface area contributed by atoms with Crippen molar-refractivity contribution in [1.82, 2.24) is 24.6 Å². The average Bonchev–Trinajstić information content (AvgIpc) is 3.04. The lowest BCUT2D eigenvalue weighted by atomic mass is 9.92. The highest BCUT2D eigenvalue weighted by atomic mass is 19.3. The van der Waals surface area contributed by atoms with E-state index in [9.17, 15) is 18.4 Å². The standard InChI is InChI=1S/C18H22F2N6O2/c1-5-26-12(8-13(24-26)17(2,3)4)14(27)23-16-21-7-6-11(22-16)15(28)25-9-18(19,20)10-25/h6-8H,5,9-10H2,1-4H3,(H,21,22,23,27). The van der Waals surface area contributed by atoms with E-state index in [1.807, 2.05) is 27.7 Å². The lowest BCUT2D eigenvalue weighted by Gasteiger charge is -2.38. The van der Waals surface area contributed by atoms with Gasteiger partial charge in [-0.15, -0.1) is 0 Å². The summed E-state index contributed by atoms with van der Waals surface area (Å²) >= 11 is 0. The monoisotopic (exact) mass is 392 g/mol. The van der Waals surface area contributed by atoms with E-state index < -0.39 is 30.8 Å². The number of hydrogen-bond donors (Lipinski definition) is 1. The van der Waals surface area contributed by atoms with E-state index in [0.717, 1.165) is 10.6 Å².